The summed E-state index contributed by atoms with van der Waals surface area (Å²) in [6.07, 6.45) is 4.36. The summed E-state index contributed by atoms with van der Waals surface area (Å²) in [5.41, 5.74) is 2.03. The van der Waals surface area contributed by atoms with Gasteiger partial charge in [0.25, 0.3) is 0 Å². The van der Waals surface area contributed by atoms with E-state index >= 15 is 0 Å². The summed E-state index contributed by atoms with van der Waals surface area (Å²) in [4.78, 5) is 15.4. The Balaban J connectivity index is 2.23. The van der Waals surface area contributed by atoms with Crippen LogP contribution < -0.4 is 0 Å². The molecular formula is C14H17IN2O2S2. The lowest BCUT2D eigenvalue weighted by Crippen LogP contribution is -2.04. The SMILES string of the molecule is CSCCCCn1c(SCC(=O)O)nc2cc(I)ccc21. The van der Waals surface area contributed by atoms with Crippen LogP contribution in [-0.2, 0) is 11.3 Å². The number of benzene rings is 1. The number of imidazole rings is 1. The third-order valence-electron chi connectivity index (χ3n) is 2.98. The minimum Gasteiger partial charge on any atom is -0.481 e. The lowest BCUT2D eigenvalue weighted by Gasteiger charge is -2.08. The molecular weight excluding hydrogens is 419 g/mol. The lowest BCUT2D eigenvalue weighted by atomic mass is 10.3. The molecule has 0 aliphatic rings. The quantitative estimate of drug-likeness (QED) is 0.386. The number of nitrogens with zero attached hydrogens (tertiary/aromatic N) is 2. The van der Waals surface area contributed by atoms with E-state index in [0.29, 0.717) is 0 Å². The van der Waals surface area contributed by atoms with Crippen molar-refractivity contribution in [1.29, 1.82) is 0 Å². The number of rotatable bonds is 8. The Morgan fingerprint density at radius 2 is 2.24 bits per heavy atom. The molecule has 0 aliphatic carbocycles. The average Bonchev–Trinajstić information content (AvgIpc) is 2.78. The fourth-order valence-electron chi connectivity index (χ4n) is 2.05. The molecule has 0 radical (unpaired) electrons. The zero-order valence-corrected chi connectivity index (χ0v) is 15.5. The van der Waals surface area contributed by atoms with Gasteiger partial charge in [0.05, 0.1) is 16.8 Å². The lowest BCUT2D eigenvalue weighted by molar-refractivity contribution is -0.133. The highest BCUT2D eigenvalue weighted by Gasteiger charge is 2.12. The van der Waals surface area contributed by atoms with Crippen molar-refractivity contribution in [3.05, 3.63) is 21.8 Å². The highest BCUT2D eigenvalue weighted by Crippen LogP contribution is 2.26. The third-order valence-corrected chi connectivity index (χ3v) is 5.31. The van der Waals surface area contributed by atoms with Crippen LogP contribution in [0.1, 0.15) is 12.8 Å². The topological polar surface area (TPSA) is 55.1 Å². The second kappa shape index (κ2) is 8.28. The molecule has 1 aromatic heterocycles. The van der Waals surface area contributed by atoms with Crippen LogP contribution in [0.5, 0.6) is 0 Å². The minimum atomic E-state index is -0.810. The predicted molar refractivity (Wildman–Crippen MR) is 98.4 cm³/mol. The smallest absolute Gasteiger partial charge is 0.313 e. The van der Waals surface area contributed by atoms with Crippen molar-refractivity contribution in [3.63, 3.8) is 0 Å². The minimum absolute atomic E-state index is 0.0469. The molecule has 0 amide bonds. The Bertz CT molecular complexity index is 631. The van der Waals surface area contributed by atoms with Crippen LogP contribution in [0.25, 0.3) is 11.0 Å². The first kappa shape index (κ1) is 17.0. The zero-order valence-electron chi connectivity index (χ0n) is 11.7. The number of aromatic nitrogens is 2. The van der Waals surface area contributed by atoms with Crippen LogP contribution in [0.4, 0.5) is 0 Å². The Kier molecular flexibility index (Phi) is 6.69. The molecule has 0 atom stereocenters. The highest BCUT2D eigenvalue weighted by molar-refractivity contribution is 14.1. The van der Waals surface area contributed by atoms with Crippen LogP contribution in [0.3, 0.4) is 0 Å². The van der Waals surface area contributed by atoms with Gasteiger partial charge < -0.3 is 9.67 Å². The largest absolute Gasteiger partial charge is 0.481 e. The first-order valence-corrected chi connectivity index (χ1v) is 10.1. The van der Waals surface area contributed by atoms with Gasteiger partial charge in [-0.05, 0) is 65.6 Å². The van der Waals surface area contributed by atoms with Crippen molar-refractivity contribution in [2.45, 2.75) is 24.5 Å². The number of hydrogen-bond donors (Lipinski definition) is 1. The normalized spacial score (nSPS) is 11.1. The van der Waals surface area contributed by atoms with Crippen LogP contribution in [0.2, 0.25) is 0 Å². The fraction of sp³-hybridized carbons (Fsp3) is 0.429. The number of carboxylic acids is 1. The Morgan fingerprint density at radius 1 is 1.43 bits per heavy atom. The van der Waals surface area contributed by atoms with E-state index in [2.05, 4.69) is 50.5 Å². The van der Waals surface area contributed by atoms with Gasteiger partial charge >= 0.3 is 5.97 Å². The van der Waals surface area contributed by atoms with Gasteiger partial charge in [-0.2, -0.15) is 11.8 Å². The summed E-state index contributed by atoms with van der Waals surface area (Å²) < 4.78 is 3.29. The number of carboxylic acid groups (broad SMARTS) is 1. The summed E-state index contributed by atoms with van der Waals surface area (Å²) >= 11 is 5.42. The molecule has 1 N–H and O–H groups in total. The average molecular weight is 436 g/mol. The monoisotopic (exact) mass is 436 g/mol. The van der Waals surface area contributed by atoms with Gasteiger partial charge in [0.2, 0.25) is 0 Å². The summed E-state index contributed by atoms with van der Waals surface area (Å²) in [5.74, 6) is 0.392. The van der Waals surface area contributed by atoms with Crippen LogP contribution >= 0.6 is 46.1 Å². The number of fused-ring (bicyclic) bond motifs is 1. The maximum atomic E-state index is 10.8. The second-order valence-corrected chi connectivity index (χ2v) is 7.74. The predicted octanol–water partition coefficient (Wildman–Crippen LogP) is 3.96. The molecule has 0 aliphatic heterocycles. The van der Waals surface area contributed by atoms with Gasteiger partial charge in [0, 0.05) is 10.1 Å². The first-order chi connectivity index (χ1) is 10.1. The van der Waals surface area contributed by atoms with Crippen molar-refractivity contribution >= 4 is 63.1 Å². The van der Waals surface area contributed by atoms with Crippen LogP contribution in [-0.4, -0.2) is 38.4 Å². The van der Waals surface area contributed by atoms with Gasteiger partial charge in [-0.15, -0.1) is 0 Å². The fourth-order valence-corrected chi connectivity index (χ4v) is 3.78. The third kappa shape index (κ3) is 4.79. The van der Waals surface area contributed by atoms with Crippen LogP contribution in [0.15, 0.2) is 23.4 Å². The molecule has 114 valence electrons. The molecule has 0 unspecified atom stereocenters. The molecule has 0 fully saturated rings. The molecule has 7 heteroatoms. The molecule has 0 spiro atoms. The van der Waals surface area contributed by atoms with E-state index in [4.69, 9.17) is 5.11 Å². The van der Waals surface area contributed by atoms with E-state index < -0.39 is 5.97 Å². The van der Waals surface area contributed by atoms with Gasteiger partial charge in [0.1, 0.15) is 0 Å². The number of aliphatic carboxylic acids is 1. The van der Waals surface area contributed by atoms with E-state index in [-0.39, 0.29) is 5.75 Å². The van der Waals surface area contributed by atoms with Gasteiger partial charge in [-0.3, -0.25) is 4.79 Å². The van der Waals surface area contributed by atoms with E-state index in [1.165, 1.54) is 11.8 Å². The number of hydrogen-bond acceptors (Lipinski definition) is 4. The molecule has 0 saturated heterocycles. The number of unbranched alkanes of at least 4 members (excludes halogenated alkanes) is 1. The summed E-state index contributed by atoms with van der Waals surface area (Å²) in [6, 6.07) is 6.18. The second-order valence-electron chi connectivity index (χ2n) is 4.56. The van der Waals surface area contributed by atoms with E-state index in [0.717, 1.165) is 44.9 Å². The van der Waals surface area contributed by atoms with Crippen molar-refractivity contribution in [1.82, 2.24) is 9.55 Å². The molecule has 1 heterocycles. The Morgan fingerprint density at radius 3 is 2.95 bits per heavy atom. The van der Waals surface area contributed by atoms with Crippen molar-refractivity contribution < 1.29 is 9.90 Å². The Labute approximate surface area is 146 Å². The van der Waals surface area contributed by atoms with Gasteiger partial charge in [-0.25, -0.2) is 4.98 Å². The van der Waals surface area contributed by atoms with E-state index in [9.17, 15) is 4.79 Å². The van der Waals surface area contributed by atoms with Gasteiger partial charge in [0.15, 0.2) is 5.16 Å². The summed E-state index contributed by atoms with van der Waals surface area (Å²) in [6.45, 7) is 0.888. The molecule has 0 bridgehead atoms. The number of thioether (sulfide) groups is 2. The molecule has 0 saturated carbocycles. The van der Waals surface area contributed by atoms with Crippen molar-refractivity contribution in [2.24, 2.45) is 0 Å². The number of carbonyl (C=O) groups is 1. The number of aryl methyl sites for hydroxylation is 1. The first-order valence-electron chi connectivity index (χ1n) is 6.61. The maximum Gasteiger partial charge on any atom is 0.313 e. The van der Waals surface area contributed by atoms with Gasteiger partial charge in [-0.1, -0.05) is 11.8 Å². The Hall–Kier alpha value is -0.410. The standard InChI is InChI=1S/C14H17IN2O2S2/c1-20-7-3-2-6-17-12-5-4-10(15)8-11(12)16-14(17)21-9-13(18)19/h4-5,8H,2-3,6-7,9H2,1H3,(H,18,19). The molecule has 2 aromatic rings. The van der Waals surface area contributed by atoms with Crippen molar-refractivity contribution in [3.8, 4) is 0 Å². The zero-order chi connectivity index (χ0) is 15.2. The summed E-state index contributed by atoms with van der Waals surface area (Å²) in [7, 11) is 0. The highest BCUT2D eigenvalue weighted by atomic mass is 127. The molecule has 4 nitrogen and oxygen atoms in total. The molecule has 1 aromatic carbocycles. The number of halogens is 1. The van der Waals surface area contributed by atoms with E-state index in [1.807, 2.05) is 17.8 Å². The molecule has 2 rings (SSSR count). The molecule has 21 heavy (non-hydrogen) atoms. The summed E-state index contributed by atoms with van der Waals surface area (Å²) in [5, 5.41) is 9.67. The maximum absolute atomic E-state index is 10.8. The van der Waals surface area contributed by atoms with Crippen molar-refractivity contribution in [2.75, 3.05) is 17.8 Å². The van der Waals surface area contributed by atoms with Crippen LogP contribution in [0, 0.1) is 3.57 Å². The van der Waals surface area contributed by atoms with E-state index in [1.54, 1.807) is 0 Å².